The van der Waals surface area contributed by atoms with Gasteiger partial charge in [-0.15, -0.1) is 0 Å². The van der Waals surface area contributed by atoms with Crippen LogP contribution in [0, 0.1) is 5.82 Å². The summed E-state index contributed by atoms with van der Waals surface area (Å²) < 4.78 is 23.3. The lowest BCUT2D eigenvalue weighted by molar-refractivity contribution is -0.148. The van der Waals surface area contributed by atoms with Crippen LogP contribution >= 0.6 is 0 Å². The van der Waals surface area contributed by atoms with Crippen LogP contribution in [0.5, 0.6) is 5.75 Å². The molecule has 0 aliphatic rings. The predicted octanol–water partition coefficient (Wildman–Crippen LogP) is 3.97. The number of carbonyl (C=O) groups excluding carboxylic acids is 2. The lowest BCUT2D eigenvalue weighted by Gasteiger charge is -2.12. The fourth-order valence-electron chi connectivity index (χ4n) is 2.04. The molecule has 2 aromatic carbocycles. The molecular weight excluding hydrogens is 349 g/mol. The molecule has 1 amide bonds. The molecule has 5 nitrogen and oxygen atoms in total. The number of rotatable bonds is 8. The summed E-state index contributed by atoms with van der Waals surface area (Å²) in [5.74, 6) is -0.866. The van der Waals surface area contributed by atoms with E-state index in [4.69, 9.17) is 9.47 Å². The Bertz CT molecular complexity index is 813. The second-order valence-corrected chi connectivity index (χ2v) is 5.58. The van der Waals surface area contributed by atoms with Crippen LogP contribution in [0.4, 0.5) is 10.1 Å². The molecule has 1 unspecified atom stereocenters. The van der Waals surface area contributed by atoms with Crippen LogP contribution in [0.15, 0.2) is 67.3 Å². The smallest absolute Gasteiger partial charge is 0.331 e. The summed E-state index contributed by atoms with van der Waals surface area (Å²) >= 11 is 0. The van der Waals surface area contributed by atoms with Crippen molar-refractivity contribution in [3.8, 4) is 5.75 Å². The van der Waals surface area contributed by atoms with Gasteiger partial charge < -0.3 is 14.8 Å². The van der Waals surface area contributed by atoms with Crippen molar-refractivity contribution < 1.29 is 23.5 Å². The van der Waals surface area contributed by atoms with Crippen molar-refractivity contribution in [3.05, 3.63) is 78.6 Å². The molecule has 0 heterocycles. The van der Waals surface area contributed by atoms with Gasteiger partial charge in [-0.25, -0.2) is 9.18 Å². The maximum atomic E-state index is 12.9. The number of amides is 1. The second-order valence-electron chi connectivity index (χ2n) is 5.58. The molecule has 0 aromatic heterocycles. The molecule has 0 spiro atoms. The summed E-state index contributed by atoms with van der Waals surface area (Å²) in [4.78, 5) is 23.9. The summed E-state index contributed by atoms with van der Waals surface area (Å²) in [6, 6.07) is 12.4. The molecule has 2 rings (SSSR count). The van der Waals surface area contributed by atoms with Gasteiger partial charge in [-0.3, -0.25) is 4.79 Å². The minimum atomic E-state index is -0.998. The first-order chi connectivity index (χ1) is 13.0. The molecule has 0 saturated heterocycles. The largest absolute Gasteiger partial charge is 0.490 e. The molecule has 0 bridgehead atoms. The van der Waals surface area contributed by atoms with Crippen LogP contribution in [0.25, 0.3) is 6.08 Å². The predicted molar refractivity (Wildman–Crippen MR) is 102 cm³/mol. The number of hydrogen-bond acceptors (Lipinski definition) is 4. The molecule has 1 atom stereocenters. The van der Waals surface area contributed by atoms with Gasteiger partial charge in [0.1, 0.15) is 18.2 Å². The maximum Gasteiger partial charge on any atom is 0.331 e. The molecule has 0 aliphatic heterocycles. The van der Waals surface area contributed by atoms with Gasteiger partial charge in [0.05, 0.1) is 0 Å². The Balaban J connectivity index is 1.84. The van der Waals surface area contributed by atoms with Crippen LogP contribution in [-0.2, 0) is 14.3 Å². The third-order valence-corrected chi connectivity index (χ3v) is 3.43. The van der Waals surface area contributed by atoms with Crippen LogP contribution in [0.1, 0.15) is 12.5 Å². The number of carbonyl (C=O) groups is 2. The molecule has 0 aliphatic carbocycles. The van der Waals surface area contributed by atoms with E-state index in [9.17, 15) is 14.0 Å². The summed E-state index contributed by atoms with van der Waals surface area (Å²) in [6.45, 7) is 5.44. The van der Waals surface area contributed by atoms with E-state index in [0.29, 0.717) is 18.0 Å². The van der Waals surface area contributed by atoms with Crippen LogP contribution in [0.2, 0.25) is 0 Å². The van der Waals surface area contributed by atoms with Crippen molar-refractivity contribution in [1.29, 1.82) is 0 Å². The highest BCUT2D eigenvalue weighted by Gasteiger charge is 2.16. The number of hydrogen-bond donors (Lipinski definition) is 1. The number of benzene rings is 2. The Morgan fingerprint density at radius 3 is 2.44 bits per heavy atom. The van der Waals surface area contributed by atoms with E-state index >= 15 is 0 Å². The quantitative estimate of drug-likeness (QED) is 0.434. The number of anilines is 1. The minimum Gasteiger partial charge on any atom is -0.490 e. The Morgan fingerprint density at radius 2 is 1.81 bits per heavy atom. The van der Waals surface area contributed by atoms with E-state index in [2.05, 4.69) is 11.9 Å². The van der Waals surface area contributed by atoms with Crippen molar-refractivity contribution in [2.75, 3.05) is 11.9 Å². The Kier molecular flexibility index (Phi) is 7.31. The molecule has 2 aromatic rings. The van der Waals surface area contributed by atoms with Crippen molar-refractivity contribution in [2.24, 2.45) is 0 Å². The van der Waals surface area contributed by atoms with E-state index in [1.807, 2.05) is 0 Å². The second kappa shape index (κ2) is 9.91. The van der Waals surface area contributed by atoms with Crippen molar-refractivity contribution >= 4 is 23.6 Å². The van der Waals surface area contributed by atoms with Gasteiger partial charge in [0.15, 0.2) is 6.10 Å². The van der Waals surface area contributed by atoms with E-state index in [0.717, 1.165) is 5.56 Å². The normalized spacial score (nSPS) is 11.6. The first-order valence-electron chi connectivity index (χ1n) is 8.27. The van der Waals surface area contributed by atoms with Gasteiger partial charge >= 0.3 is 5.97 Å². The average molecular weight is 369 g/mol. The van der Waals surface area contributed by atoms with Crippen molar-refractivity contribution in [2.45, 2.75) is 13.0 Å². The van der Waals surface area contributed by atoms with E-state index in [-0.39, 0.29) is 0 Å². The van der Waals surface area contributed by atoms with Crippen LogP contribution in [-0.4, -0.2) is 24.6 Å². The monoisotopic (exact) mass is 369 g/mol. The highest BCUT2D eigenvalue weighted by molar-refractivity contribution is 5.96. The number of ether oxygens (including phenoxy) is 2. The Hall–Kier alpha value is -3.41. The summed E-state index contributed by atoms with van der Waals surface area (Å²) in [6.07, 6.45) is 3.46. The zero-order valence-electron chi connectivity index (χ0n) is 14.9. The lowest BCUT2D eigenvalue weighted by atomic mass is 10.2. The zero-order chi connectivity index (χ0) is 19.6. The SMILES string of the molecule is C=CCOc1ccc(/C=C/C(=O)OC(C)C(=O)Nc2ccc(F)cc2)cc1. The third kappa shape index (κ3) is 6.78. The number of halogens is 1. The molecular formula is C21H20FNO4. The number of esters is 1. The lowest BCUT2D eigenvalue weighted by Crippen LogP contribution is -2.29. The van der Waals surface area contributed by atoms with E-state index < -0.39 is 23.8 Å². The van der Waals surface area contributed by atoms with E-state index in [1.165, 1.54) is 37.3 Å². The first kappa shape index (κ1) is 19.9. The van der Waals surface area contributed by atoms with Gasteiger partial charge in [-0.1, -0.05) is 24.8 Å². The first-order valence-corrected chi connectivity index (χ1v) is 8.27. The Labute approximate surface area is 157 Å². The van der Waals surface area contributed by atoms with E-state index in [1.54, 1.807) is 36.4 Å². The summed E-state index contributed by atoms with van der Waals surface area (Å²) in [7, 11) is 0. The van der Waals surface area contributed by atoms with Crippen molar-refractivity contribution in [1.82, 2.24) is 0 Å². The molecule has 27 heavy (non-hydrogen) atoms. The summed E-state index contributed by atoms with van der Waals surface area (Å²) in [5.41, 5.74) is 1.19. The molecule has 0 fully saturated rings. The maximum absolute atomic E-state index is 12.9. The molecule has 1 N–H and O–H groups in total. The molecule has 6 heteroatoms. The van der Waals surface area contributed by atoms with Crippen LogP contribution in [0.3, 0.4) is 0 Å². The fourth-order valence-corrected chi connectivity index (χ4v) is 2.04. The minimum absolute atomic E-state index is 0.405. The summed E-state index contributed by atoms with van der Waals surface area (Å²) in [5, 5.41) is 2.54. The van der Waals surface area contributed by atoms with Gasteiger partial charge in [-0.05, 0) is 55.0 Å². The number of nitrogens with one attached hydrogen (secondary N) is 1. The van der Waals surface area contributed by atoms with Gasteiger partial charge in [0.2, 0.25) is 0 Å². The van der Waals surface area contributed by atoms with Gasteiger partial charge in [0.25, 0.3) is 5.91 Å². The van der Waals surface area contributed by atoms with Gasteiger partial charge in [-0.2, -0.15) is 0 Å². The average Bonchev–Trinajstić information content (AvgIpc) is 2.67. The molecule has 0 saturated carbocycles. The molecule has 0 radical (unpaired) electrons. The zero-order valence-corrected chi connectivity index (χ0v) is 14.9. The third-order valence-electron chi connectivity index (χ3n) is 3.43. The Morgan fingerprint density at radius 1 is 1.15 bits per heavy atom. The highest BCUT2D eigenvalue weighted by Crippen LogP contribution is 2.13. The molecule has 140 valence electrons. The fraction of sp³-hybridized carbons (Fsp3) is 0.143. The van der Waals surface area contributed by atoms with Crippen molar-refractivity contribution in [3.63, 3.8) is 0 Å². The van der Waals surface area contributed by atoms with Crippen LogP contribution < -0.4 is 10.1 Å². The standard InChI is InChI=1S/C21H20FNO4/c1-3-14-26-19-11-4-16(5-12-19)6-13-20(24)27-15(2)21(25)23-18-9-7-17(22)8-10-18/h3-13,15H,1,14H2,2H3,(H,23,25)/b13-6+. The topological polar surface area (TPSA) is 64.6 Å². The highest BCUT2D eigenvalue weighted by atomic mass is 19.1. The van der Waals surface area contributed by atoms with Gasteiger partial charge in [0, 0.05) is 11.8 Å².